The molecule has 0 radical (unpaired) electrons. The molecule has 2 aromatic heterocycles. The second-order valence-electron chi connectivity index (χ2n) is 6.65. The molecule has 2 N–H and O–H groups in total. The molecule has 114 valence electrons. The fraction of sp³-hybridized carbons (Fsp3) is 0.667. The van der Waals surface area contributed by atoms with Gasteiger partial charge in [0.15, 0.2) is 5.65 Å². The van der Waals surface area contributed by atoms with Crippen LogP contribution in [0.4, 0.5) is 0 Å². The van der Waals surface area contributed by atoms with E-state index < -0.39 is 5.41 Å². The van der Waals surface area contributed by atoms with Crippen LogP contribution in [-0.4, -0.2) is 42.9 Å². The van der Waals surface area contributed by atoms with Gasteiger partial charge in [0.05, 0.1) is 24.9 Å². The van der Waals surface area contributed by atoms with Gasteiger partial charge in [0, 0.05) is 5.41 Å². The van der Waals surface area contributed by atoms with Gasteiger partial charge >= 0.3 is 0 Å². The second-order valence-corrected chi connectivity index (χ2v) is 6.65. The van der Waals surface area contributed by atoms with Crippen LogP contribution >= 0.6 is 0 Å². The maximum atomic E-state index is 9.81. The van der Waals surface area contributed by atoms with Crippen LogP contribution in [0.3, 0.4) is 0 Å². The Morgan fingerprint density at radius 1 is 1.05 bits per heavy atom. The standard InChI is InChI=1S/C15H22N4O2/c1-8-11-12(17-9(2)16-8)19(10(3)18-11)13-14(4,5)15(13,6-20)7-21/h13,20-21H,6-7H2,1-5H3. The van der Waals surface area contributed by atoms with Crippen LogP contribution in [0.5, 0.6) is 0 Å². The van der Waals surface area contributed by atoms with E-state index in [1.165, 1.54) is 0 Å². The molecule has 21 heavy (non-hydrogen) atoms. The first-order valence-electron chi connectivity index (χ1n) is 7.21. The third kappa shape index (κ3) is 1.63. The Bertz CT molecular complexity index is 716. The zero-order chi connectivity index (χ0) is 15.6. The predicted octanol–water partition coefficient (Wildman–Crippen LogP) is 1.30. The maximum Gasteiger partial charge on any atom is 0.164 e. The summed E-state index contributed by atoms with van der Waals surface area (Å²) in [7, 11) is 0. The molecular formula is C15H22N4O2. The molecule has 0 aromatic carbocycles. The van der Waals surface area contributed by atoms with Crippen molar-refractivity contribution < 1.29 is 10.2 Å². The topological polar surface area (TPSA) is 84.1 Å². The lowest BCUT2D eigenvalue weighted by molar-refractivity contribution is 0.102. The van der Waals surface area contributed by atoms with E-state index in [2.05, 4.69) is 33.4 Å². The summed E-state index contributed by atoms with van der Waals surface area (Å²) in [5.74, 6) is 1.55. The van der Waals surface area contributed by atoms with Crippen LogP contribution in [0.25, 0.3) is 11.2 Å². The average Bonchev–Trinajstić information content (AvgIpc) is 2.70. The number of nitrogens with zero attached hydrogens (tertiary/aromatic N) is 4. The van der Waals surface area contributed by atoms with Crippen molar-refractivity contribution >= 4 is 11.2 Å². The van der Waals surface area contributed by atoms with E-state index in [0.29, 0.717) is 5.82 Å². The summed E-state index contributed by atoms with van der Waals surface area (Å²) in [5, 5.41) is 19.6. The third-order valence-corrected chi connectivity index (χ3v) is 5.23. The molecule has 0 saturated heterocycles. The van der Waals surface area contributed by atoms with Crippen LogP contribution < -0.4 is 0 Å². The number of aliphatic hydroxyl groups is 2. The van der Waals surface area contributed by atoms with E-state index >= 15 is 0 Å². The zero-order valence-corrected chi connectivity index (χ0v) is 13.2. The Morgan fingerprint density at radius 2 is 1.67 bits per heavy atom. The quantitative estimate of drug-likeness (QED) is 0.890. The molecule has 6 nitrogen and oxygen atoms in total. The van der Waals surface area contributed by atoms with Crippen molar-refractivity contribution in [2.45, 2.75) is 40.7 Å². The van der Waals surface area contributed by atoms with Gasteiger partial charge in [0.2, 0.25) is 0 Å². The Hall–Kier alpha value is -1.53. The summed E-state index contributed by atoms with van der Waals surface area (Å²) in [6.45, 7) is 9.75. The molecule has 3 rings (SSSR count). The summed E-state index contributed by atoms with van der Waals surface area (Å²) in [5.41, 5.74) is 1.71. The number of hydrogen-bond acceptors (Lipinski definition) is 5. The number of fused-ring (bicyclic) bond motifs is 1. The highest BCUT2D eigenvalue weighted by Gasteiger charge is 2.72. The van der Waals surface area contributed by atoms with Gasteiger partial charge in [-0.3, -0.25) is 0 Å². The molecule has 0 amide bonds. The summed E-state index contributed by atoms with van der Waals surface area (Å²) < 4.78 is 2.06. The fourth-order valence-electron chi connectivity index (χ4n) is 3.78. The molecule has 6 heteroatoms. The van der Waals surface area contributed by atoms with E-state index in [9.17, 15) is 10.2 Å². The molecule has 2 aromatic rings. The minimum Gasteiger partial charge on any atom is -0.396 e. The molecule has 1 atom stereocenters. The molecule has 1 aliphatic rings. The normalized spacial score (nSPS) is 22.7. The molecule has 0 bridgehead atoms. The maximum absolute atomic E-state index is 9.81. The van der Waals surface area contributed by atoms with Crippen molar-refractivity contribution in [3.05, 3.63) is 17.3 Å². The third-order valence-electron chi connectivity index (χ3n) is 5.23. The molecule has 1 fully saturated rings. The van der Waals surface area contributed by atoms with E-state index in [1.54, 1.807) is 0 Å². The van der Waals surface area contributed by atoms with Gasteiger partial charge in [0.25, 0.3) is 0 Å². The van der Waals surface area contributed by atoms with Crippen molar-refractivity contribution in [2.24, 2.45) is 10.8 Å². The largest absolute Gasteiger partial charge is 0.396 e. The lowest BCUT2D eigenvalue weighted by atomic mass is 9.98. The van der Waals surface area contributed by atoms with Crippen molar-refractivity contribution in [1.82, 2.24) is 19.5 Å². The van der Waals surface area contributed by atoms with E-state index in [1.807, 2.05) is 20.8 Å². The zero-order valence-electron chi connectivity index (χ0n) is 13.2. The number of aromatic nitrogens is 4. The van der Waals surface area contributed by atoms with Gasteiger partial charge < -0.3 is 14.8 Å². The smallest absolute Gasteiger partial charge is 0.164 e. The second kappa shape index (κ2) is 4.24. The van der Waals surface area contributed by atoms with E-state index in [0.717, 1.165) is 22.7 Å². The molecule has 1 unspecified atom stereocenters. The first-order chi connectivity index (χ1) is 9.80. The monoisotopic (exact) mass is 290 g/mol. The highest BCUT2D eigenvalue weighted by Crippen LogP contribution is 2.71. The lowest BCUT2D eigenvalue weighted by Gasteiger charge is -2.13. The lowest BCUT2D eigenvalue weighted by Crippen LogP contribution is -2.20. The van der Waals surface area contributed by atoms with E-state index in [4.69, 9.17) is 0 Å². The number of rotatable bonds is 3. The number of aryl methyl sites for hydroxylation is 3. The summed E-state index contributed by atoms with van der Waals surface area (Å²) in [4.78, 5) is 13.5. The number of imidazole rings is 1. The van der Waals surface area contributed by atoms with E-state index in [-0.39, 0.29) is 24.7 Å². The van der Waals surface area contributed by atoms with Gasteiger partial charge in [-0.2, -0.15) is 0 Å². The first kappa shape index (κ1) is 14.4. The number of aliphatic hydroxyl groups excluding tert-OH is 2. The Balaban J connectivity index is 2.25. The highest BCUT2D eigenvalue weighted by molar-refractivity contribution is 5.74. The Kier molecular flexibility index (Phi) is 2.91. The highest BCUT2D eigenvalue weighted by atomic mass is 16.3. The van der Waals surface area contributed by atoms with Gasteiger partial charge in [-0.25, -0.2) is 15.0 Å². The molecule has 1 aliphatic carbocycles. The van der Waals surface area contributed by atoms with Crippen LogP contribution in [0.2, 0.25) is 0 Å². The SMILES string of the molecule is Cc1nc(C)c2nc(C)n(C3C(C)(C)C3(CO)CO)c2n1. The minimum absolute atomic E-state index is 0.0151. The van der Waals surface area contributed by atoms with Gasteiger partial charge in [-0.1, -0.05) is 13.8 Å². The Morgan fingerprint density at radius 3 is 2.19 bits per heavy atom. The predicted molar refractivity (Wildman–Crippen MR) is 79.0 cm³/mol. The fourth-order valence-corrected chi connectivity index (χ4v) is 3.78. The number of hydrogen-bond donors (Lipinski definition) is 2. The molecule has 1 saturated carbocycles. The van der Waals surface area contributed by atoms with Gasteiger partial charge in [-0.05, 0) is 26.2 Å². The van der Waals surface area contributed by atoms with Crippen molar-refractivity contribution in [2.75, 3.05) is 13.2 Å². The van der Waals surface area contributed by atoms with Crippen molar-refractivity contribution in [3.63, 3.8) is 0 Å². The van der Waals surface area contributed by atoms with Crippen LogP contribution in [0.1, 0.15) is 37.2 Å². The summed E-state index contributed by atoms with van der Waals surface area (Å²) >= 11 is 0. The molecule has 0 aliphatic heterocycles. The van der Waals surface area contributed by atoms with Gasteiger partial charge in [0.1, 0.15) is 17.2 Å². The molecule has 2 heterocycles. The first-order valence-corrected chi connectivity index (χ1v) is 7.21. The molecular weight excluding hydrogens is 268 g/mol. The average molecular weight is 290 g/mol. The van der Waals surface area contributed by atoms with Crippen LogP contribution in [-0.2, 0) is 0 Å². The minimum atomic E-state index is -0.530. The van der Waals surface area contributed by atoms with Gasteiger partial charge in [-0.15, -0.1) is 0 Å². The van der Waals surface area contributed by atoms with Crippen LogP contribution in [0, 0.1) is 31.6 Å². The summed E-state index contributed by atoms with van der Waals surface area (Å²) in [6.07, 6.45) is 0. The van der Waals surface area contributed by atoms with Crippen molar-refractivity contribution in [1.29, 1.82) is 0 Å². The Labute approximate surface area is 123 Å². The molecule has 0 spiro atoms. The summed E-state index contributed by atoms with van der Waals surface area (Å²) in [6, 6.07) is -0.0151. The van der Waals surface area contributed by atoms with Crippen LogP contribution in [0.15, 0.2) is 0 Å². The van der Waals surface area contributed by atoms with Crippen molar-refractivity contribution in [3.8, 4) is 0 Å².